The van der Waals surface area contributed by atoms with E-state index in [0.29, 0.717) is 30.1 Å². The monoisotopic (exact) mass is 418 g/mol. The number of halogens is 1. The summed E-state index contributed by atoms with van der Waals surface area (Å²) >= 11 is 0. The molecule has 3 rings (SSSR count). The van der Waals surface area contributed by atoms with E-state index >= 15 is 0 Å². The fourth-order valence-electron chi connectivity index (χ4n) is 3.16. The largest absolute Gasteiger partial charge is 0.493 e. The second-order valence-electron chi connectivity index (χ2n) is 6.89. The molecule has 0 aliphatic carbocycles. The van der Waals surface area contributed by atoms with Crippen molar-refractivity contribution >= 4 is 5.91 Å². The Morgan fingerprint density at radius 3 is 2.42 bits per heavy atom. The number of amides is 1. The Labute approximate surface area is 181 Å². The van der Waals surface area contributed by atoms with E-state index in [1.807, 2.05) is 36.4 Å². The van der Waals surface area contributed by atoms with E-state index in [4.69, 9.17) is 14.7 Å². The van der Waals surface area contributed by atoms with Crippen LogP contribution in [0.15, 0.2) is 72.8 Å². The van der Waals surface area contributed by atoms with E-state index in [9.17, 15) is 9.18 Å². The van der Waals surface area contributed by atoms with Crippen LogP contribution in [0.25, 0.3) is 0 Å². The maximum Gasteiger partial charge on any atom is 0.220 e. The van der Waals surface area contributed by atoms with Crippen LogP contribution < -0.4 is 14.8 Å². The van der Waals surface area contributed by atoms with Crippen LogP contribution in [0, 0.1) is 17.1 Å². The molecule has 6 heteroatoms. The SMILES string of the molecule is COc1cc(C#N)ccc1OCCCC(=O)NC(c1ccccc1)c1ccc(F)cc1. The van der Waals surface area contributed by atoms with Crippen LogP contribution in [0.3, 0.4) is 0 Å². The van der Waals surface area contributed by atoms with E-state index in [-0.39, 0.29) is 24.2 Å². The number of nitrogens with zero attached hydrogens (tertiary/aromatic N) is 1. The lowest BCUT2D eigenvalue weighted by molar-refractivity contribution is -0.121. The molecule has 3 aromatic rings. The smallest absolute Gasteiger partial charge is 0.220 e. The quantitative estimate of drug-likeness (QED) is 0.508. The number of ether oxygens (including phenoxy) is 2. The number of carbonyl (C=O) groups is 1. The lowest BCUT2D eigenvalue weighted by Crippen LogP contribution is -2.29. The predicted octanol–water partition coefficient (Wildman–Crippen LogP) is 4.77. The van der Waals surface area contributed by atoms with Gasteiger partial charge in [-0.15, -0.1) is 0 Å². The molecule has 5 nitrogen and oxygen atoms in total. The number of benzene rings is 3. The molecule has 0 spiro atoms. The minimum absolute atomic E-state index is 0.131. The normalized spacial score (nSPS) is 11.3. The molecule has 0 aromatic heterocycles. The van der Waals surface area contributed by atoms with Gasteiger partial charge in [-0.05, 0) is 41.8 Å². The molecule has 0 heterocycles. The van der Waals surface area contributed by atoms with Crippen LogP contribution in [0.1, 0.15) is 35.6 Å². The zero-order chi connectivity index (χ0) is 22.1. The number of carbonyl (C=O) groups excluding carboxylic acids is 1. The van der Waals surface area contributed by atoms with E-state index in [1.165, 1.54) is 19.2 Å². The molecule has 1 amide bonds. The first kappa shape index (κ1) is 21.8. The Kier molecular flexibility index (Phi) is 7.61. The molecular weight excluding hydrogens is 395 g/mol. The summed E-state index contributed by atoms with van der Waals surface area (Å²) in [4.78, 5) is 12.6. The summed E-state index contributed by atoms with van der Waals surface area (Å²) in [5.41, 5.74) is 2.21. The first-order chi connectivity index (χ1) is 15.1. The number of hydrogen-bond donors (Lipinski definition) is 1. The zero-order valence-corrected chi connectivity index (χ0v) is 17.2. The highest BCUT2D eigenvalue weighted by Gasteiger charge is 2.17. The van der Waals surface area contributed by atoms with Crippen LogP contribution in [-0.2, 0) is 4.79 Å². The predicted molar refractivity (Wildman–Crippen MR) is 115 cm³/mol. The van der Waals surface area contributed by atoms with Gasteiger partial charge in [0.2, 0.25) is 5.91 Å². The number of nitriles is 1. The molecule has 0 bridgehead atoms. The van der Waals surface area contributed by atoms with Gasteiger partial charge in [0.15, 0.2) is 11.5 Å². The Bertz CT molecular complexity index is 1050. The first-order valence-corrected chi connectivity index (χ1v) is 9.91. The van der Waals surface area contributed by atoms with Crippen LogP contribution in [0.2, 0.25) is 0 Å². The summed E-state index contributed by atoms with van der Waals surface area (Å²) in [5.74, 6) is 0.546. The van der Waals surface area contributed by atoms with E-state index in [2.05, 4.69) is 5.32 Å². The first-order valence-electron chi connectivity index (χ1n) is 9.91. The fraction of sp³-hybridized carbons (Fsp3) is 0.200. The third-order valence-corrected chi connectivity index (χ3v) is 4.74. The topological polar surface area (TPSA) is 71.3 Å². The molecule has 0 radical (unpaired) electrons. The highest BCUT2D eigenvalue weighted by Crippen LogP contribution is 2.28. The second kappa shape index (κ2) is 10.8. The van der Waals surface area contributed by atoms with Crippen molar-refractivity contribution in [2.45, 2.75) is 18.9 Å². The van der Waals surface area contributed by atoms with Crippen molar-refractivity contribution in [1.29, 1.82) is 5.26 Å². The minimum atomic E-state index is -0.367. The van der Waals surface area contributed by atoms with Crippen molar-refractivity contribution in [3.63, 3.8) is 0 Å². The molecule has 1 N–H and O–H groups in total. The summed E-state index contributed by atoms with van der Waals surface area (Å²) < 4.78 is 24.3. The van der Waals surface area contributed by atoms with E-state index < -0.39 is 0 Å². The lowest BCUT2D eigenvalue weighted by atomic mass is 9.98. The van der Waals surface area contributed by atoms with Gasteiger partial charge in [-0.2, -0.15) is 5.26 Å². The molecule has 1 atom stereocenters. The Morgan fingerprint density at radius 2 is 1.74 bits per heavy atom. The Hall–Kier alpha value is -3.85. The zero-order valence-electron chi connectivity index (χ0n) is 17.2. The third kappa shape index (κ3) is 6.06. The molecule has 0 fully saturated rings. The number of rotatable bonds is 9. The van der Waals surface area contributed by atoms with Crippen molar-refractivity contribution in [3.05, 3.63) is 95.3 Å². The minimum Gasteiger partial charge on any atom is -0.493 e. The summed E-state index contributed by atoms with van der Waals surface area (Å²) in [6, 6.07) is 22.3. The van der Waals surface area contributed by atoms with Gasteiger partial charge in [0.25, 0.3) is 0 Å². The fourth-order valence-corrected chi connectivity index (χ4v) is 3.16. The molecule has 1 unspecified atom stereocenters. The van der Waals surface area contributed by atoms with Crippen LogP contribution in [0.4, 0.5) is 4.39 Å². The number of methoxy groups -OCH3 is 1. The Balaban J connectivity index is 1.58. The molecule has 3 aromatic carbocycles. The maximum absolute atomic E-state index is 13.3. The average molecular weight is 418 g/mol. The van der Waals surface area contributed by atoms with Crippen molar-refractivity contribution in [2.24, 2.45) is 0 Å². The summed E-state index contributed by atoms with van der Waals surface area (Å²) in [7, 11) is 1.51. The van der Waals surface area contributed by atoms with Gasteiger partial charge in [-0.3, -0.25) is 4.79 Å². The second-order valence-corrected chi connectivity index (χ2v) is 6.89. The van der Waals surface area contributed by atoms with Crippen molar-refractivity contribution < 1.29 is 18.7 Å². The van der Waals surface area contributed by atoms with E-state index in [0.717, 1.165) is 11.1 Å². The highest BCUT2D eigenvalue weighted by atomic mass is 19.1. The molecule has 158 valence electrons. The van der Waals surface area contributed by atoms with Crippen LogP contribution in [0.5, 0.6) is 11.5 Å². The van der Waals surface area contributed by atoms with Gasteiger partial charge in [-0.1, -0.05) is 42.5 Å². The third-order valence-electron chi connectivity index (χ3n) is 4.74. The molecule has 31 heavy (non-hydrogen) atoms. The summed E-state index contributed by atoms with van der Waals surface area (Å²) in [5, 5.41) is 12.0. The van der Waals surface area contributed by atoms with Gasteiger partial charge in [0, 0.05) is 12.5 Å². The van der Waals surface area contributed by atoms with Crippen molar-refractivity contribution in [3.8, 4) is 17.6 Å². The summed E-state index contributed by atoms with van der Waals surface area (Å²) in [6.07, 6.45) is 0.767. The van der Waals surface area contributed by atoms with Gasteiger partial charge >= 0.3 is 0 Å². The molecule has 0 aliphatic rings. The molecule has 0 saturated carbocycles. The number of nitrogens with one attached hydrogen (secondary N) is 1. The van der Waals surface area contributed by atoms with Gasteiger partial charge in [0.1, 0.15) is 5.82 Å². The number of hydrogen-bond acceptors (Lipinski definition) is 4. The van der Waals surface area contributed by atoms with Crippen LogP contribution in [-0.4, -0.2) is 19.6 Å². The lowest BCUT2D eigenvalue weighted by Gasteiger charge is -2.20. The maximum atomic E-state index is 13.3. The molecule has 0 aliphatic heterocycles. The van der Waals surface area contributed by atoms with Gasteiger partial charge in [0.05, 0.1) is 31.4 Å². The van der Waals surface area contributed by atoms with Crippen molar-refractivity contribution in [1.82, 2.24) is 5.32 Å². The standard InChI is InChI=1S/C25H23FN2O3/c1-30-23-16-18(17-27)9-14-22(23)31-15-5-8-24(29)28-25(19-6-3-2-4-7-19)20-10-12-21(26)13-11-20/h2-4,6-7,9-14,16,25H,5,8,15H2,1H3,(H,28,29). The van der Waals surface area contributed by atoms with Gasteiger partial charge < -0.3 is 14.8 Å². The van der Waals surface area contributed by atoms with Gasteiger partial charge in [-0.25, -0.2) is 4.39 Å². The highest BCUT2D eigenvalue weighted by molar-refractivity contribution is 5.77. The van der Waals surface area contributed by atoms with Crippen molar-refractivity contribution in [2.75, 3.05) is 13.7 Å². The Morgan fingerprint density at radius 1 is 1.03 bits per heavy atom. The average Bonchev–Trinajstić information content (AvgIpc) is 2.81. The molecular formula is C25H23FN2O3. The van der Waals surface area contributed by atoms with E-state index in [1.54, 1.807) is 30.3 Å². The summed E-state index contributed by atoms with van der Waals surface area (Å²) in [6.45, 7) is 0.322. The molecule has 0 saturated heterocycles. The van der Waals surface area contributed by atoms with Crippen LogP contribution >= 0.6 is 0 Å².